The fraction of sp³-hybridized carbons (Fsp3) is 0.364. The van der Waals surface area contributed by atoms with E-state index in [1.54, 1.807) is 18.3 Å². The van der Waals surface area contributed by atoms with Crippen molar-refractivity contribution in [3.8, 4) is 0 Å². The van der Waals surface area contributed by atoms with Crippen LogP contribution >= 0.6 is 0 Å². The number of benzene rings is 1. The van der Waals surface area contributed by atoms with Gasteiger partial charge in [0.2, 0.25) is 0 Å². The van der Waals surface area contributed by atoms with Crippen molar-refractivity contribution in [2.75, 3.05) is 51.3 Å². The van der Waals surface area contributed by atoms with E-state index in [1.807, 2.05) is 6.07 Å². The van der Waals surface area contributed by atoms with Gasteiger partial charge in [-0.1, -0.05) is 18.2 Å². The lowest BCUT2D eigenvalue weighted by atomic mass is 10.1. The molecular weight excluding hydrogens is 366 g/mol. The Balaban J connectivity index is 1.26. The lowest BCUT2D eigenvalue weighted by molar-refractivity contribution is 0.0383. The van der Waals surface area contributed by atoms with Crippen LogP contribution in [-0.4, -0.2) is 66.7 Å². The van der Waals surface area contributed by atoms with Crippen LogP contribution in [0.1, 0.15) is 15.9 Å². The van der Waals surface area contributed by atoms with Gasteiger partial charge < -0.3 is 20.4 Å². The van der Waals surface area contributed by atoms with Crippen LogP contribution < -0.4 is 10.6 Å². The van der Waals surface area contributed by atoms with E-state index in [1.165, 1.54) is 10.9 Å². The summed E-state index contributed by atoms with van der Waals surface area (Å²) < 4.78 is 5.34. The van der Waals surface area contributed by atoms with Crippen molar-refractivity contribution >= 4 is 22.6 Å². The van der Waals surface area contributed by atoms with Crippen LogP contribution in [0.4, 0.5) is 5.82 Å². The summed E-state index contributed by atoms with van der Waals surface area (Å²) in [4.78, 5) is 22.4. The summed E-state index contributed by atoms with van der Waals surface area (Å²) in [5, 5.41) is 7.56. The van der Waals surface area contributed by atoms with Gasteiger partial charge in [0.15, 0.2) is 0 Å². The number of aromatic nitrogens is 2. The van der Waals surface area contributed by atoms with E-state index in [2.05, 4.69) is 49.9 Å². The van der Waals surface area contributed by atoms with Gasteiger partial charge in [0.1, 0.15) is 5.82 Å². The summed E-state index contributed by atoms with van der Waals surface area (Å²) in [7, 11) is 0. The van der Waals surface area contributed by atoms with Crippen molar-refractivity contribution in [1.29, 1.82) is 0 Å². The van der Waals surface area contributed by atoms with Crippen molar-refractivity contribution < 1.29 is 9.53 Å². The summed E-state index contributed by atoms with van der Waals surface area (Å²) in [6, 6.07) is 11.8. The highest BCUT2D eigenvalue weighted by atomic mass is 16.5. The quantitative estimate of drug-likeness (QED) is 0.547. The number of carbonyl (C=O) groups is 1. The fourth-order valence-corrected chi connectivity index (χ4v) is 3.59. The Hall–Kier alpha value is -2.90. The maximum atomic E-state index is 12.4. The number of H-pyrrole nitrogens is 1. The maximum Gasteiger partial charge on any atom is 0.251 e. The maximum absolute atomic E-state index is 12.4. The van der Waals surface area contributed by atoms with E-state index in [-0.39, 0.29) is 5.91 Å². The molecule has 7 nitrogen and oxygen atoms in total. The summed E-state index contributed by atoms with van der Waals surface area (Å²) in [6.07, 6.45) is 4.60. The number of para-hydroxylation sites is 1. The second-order valence-electron chi connectivity index (χ2n) is 7.18. The molecule has 0 atom stereocenters. The number of ether oxygens (including phenoxy) is 1. The highest BCUT2D eigenvalue weighted by Gasteiger charge is 2.11. The number of nitrogens with one attached hydrogen (secondary N) is 3. The number of amides is 1. The summed E-state index contributed by atoms with van der Waals surface area (Å²) in [6.45, 7) is 5.61. The van der Waals surface area contributed by atoms with E-state index < -0.39 is 0 Å². The molecule has 2 aromatic heterocycles. The van der Waals surface area contributed by atoms with Crippen molar-refractivity contribution in [3.63, 3.8) is 0 Å². The zero-order valence-electron chi connectivity index (χ0n) is 16.5. The number of pyridine rings is 1. The van der Waals surface area contributed by atoms with E-state index in [0.717, 1.165) is 51.3 Å². The zero-order chi connectivity index (χ0) is 19.9. The average Bonchev–Trinajstić information content (AvgIpc) is 3.18. The summed E-state index contributed by atoms with van der Waals surface area (Å²) >= 11 is 0. The Kier molecular flexibility index (Phi) is 6.38. The topological polar surface area (TPSA) is 82.3 Å². The number of morpholine rings is 1. The number of anilines is 1. The van der Waals surface area contributed by atoms with E-state index in [9.17, 15) is 4.79 Å². The van der Waals surface area contributed by atoms with Gasteiger partial charge in [-0.15, -0.1) is 0 Å². The minimum absolute atomic E-state index is 0.0691. The van der Waals surface area contributed by atoms with Crippen LogP contribution in [0.3, 0.4) is 0 Å². The molecule has 1 aliphatic rings. The van der Waals surface area contributed by atoms with E-state index >= 15 is 0 Å². The number of rotatable bonds is 8. The number of nitrogens with zero attached hydrogens (tertiary/aromatic N) is 2. The second kappa shape index (κ2) is 9.54. The molecule has 3 N–H and O–H groups in total. The van der Waals surface area contributed by atoms with Gasteiger partial charge in [0.05, 0.1) is 13.2 Å². The molecule has 1 amide bonds. The largest absolute Gasteiger partial charge is 0.379 e. The first-order chi connectivity index (χ1) is 14.3. The third-order valence-corrected chi connectivity index (χ3v) is 5.21. The Labute approximate surface area is 170 Å². The zero-order valence-corrected chi connectivity index (χ0v) is 16.5. The Morgan fingerprint density at radius 2 is 2.03 bits per heavy atom. The molecule has 0 bridgehead atoms. The molecule has 3 aromatic rings. The Morgan fingerprint density at radius 1 is 1.17 bits per heavy atom. The third-order valence-electron chi connectivity index (χ3n) is 5.21. The highest BCUT2D eigenvalue weighted by Crippen LogP contribution is 2.18. The van der Waals surface area contributed by atoms with Gasteiger partial charge in [0, 0.05) is 61.6 Å². The Morgan fingerprint density at radius 3 is 2.93 bits per heavy atom. The minimum Gasteiger partial charge on any atom is -0.379 e. The van der Waals surface area contributed by atoms with E-state index in [4.69, 9.17) is 4.74 Å². The van der Waals surface area contributed by atoms with Crippen LogP contribution in [0.5, 0.6) is 0 Å². The number of fused-ring (bicyclic) bond motifs is 1. The first-order valence-electron chi connectivity index (χ1n) is 10.1. The SMILES string of the molecule is O=C(NCCN1CCOCC1)c1ccnc(NCCc2c[nH]c3ccccc23)c1. The van der Waals surface area contributed by atoms with Crippen LogP contribution in [0.15, 0.2) is 48.8 Å². The van der Waals surface area contributed by atoms with E-state index in [0.29, 0.717) is 17.9 Å². The molecule has 0 spiro atoms. The summed E-state index contributed by atoms with van der Waals surface area (Å²) in [5.41, 5.74) is 3.04. The highest BCUT2D eigenvalue weighted by molar-refractivity contribution is 5.94. The first-order valence-corrected chi connectivity index (χ1v) is 10.1. The predicted molar refractivity (Wildman–Crippen MR) is 114 cm³/mol. The number of carbonyl (C=O) groups excluding carboxylic acids is 1. The molecule has 1 fully saturated rings. The van der Waals surface area contributed by atoms with Gasteiger partial charge in [-0.2, -0.15) is 0 Å². The summed E-state index contributed by atoms with van der Waals surface area (Å²) in [5.74, 6) is 0.644. The first kappa shape index (κ1) is 19.4. The number of hydrogen-bond acceptors (Lipinski definition) is 5. The average molecular weight is 393 g/mol. The molecule has 7 heteroatoms. The predicted octanol–water partition coefficient (Wildman–Crippen LogP) is 2.28. The second-order valence-corrected chi connectivity index (χ2v) is 7.18. The molecule has 1 aromatic carbocycles. The molecule has 0 unspecified atom stereocenters. The van der Waals surface area contributed by atoms with Crippen molar-refractivity contribution in [1.82, 2.24) is 20.2 Å². The van der Waals surface area contributed by atoms with Gasteiger partial charge >= 0.3 is 0 Å². The number of hydrogen-bond donors (Lipinski definition) is 3. The van der Waals surface area contributed by atoms with Gasteiger partial charge in [-0.3, -0.25) is 9.69 Å². The number of aromatic amines is 1. The molecule has 0 saturated carbocycles. The van der Waals surface area contributed by atoms with Crippen LogP contribution in [0.25, 0.3) is 10.9 Å². The molecule has 29 heavy (non-hydrogen) atoms. The van der Waals surface area contributed by atoms with Crippen molar-refractivity contribution in [2.24, 2.45) is 0 Å². The van der Waals surface area contributed by atoms with Crippen LogP contribution in [0.2, 0.25) is 0 Å². The fourth-order valence-electron chi connectivity index (χ4n) is 3.59. The van der Waals surface area contributed by atoms with Crippen molar-refractivity contribution in [3.05, 3.63) is 59.9 Å². The lowest BCUT2D eigenvalue weighted by Gasteiger charge is -2.26. The Bertz CT molecular complexity index is 949. The smallest absolute Gasteiger partial charge is 0.251 e. The lowest BCUT2D eigenvalue weighted by Crippen LogP contribution is -2.41. The van der Waals surface area contributed by atoms with Crippen molar-refractivity contribution in [2.45, 2.75) is 6.42 Å². The molecule has 152 valence electrons. The molecule has 3 heterocycles. The standard InChI is InChI=1S/C22H27N5O2/c28-22(25-9-10-27-11-13-29-14-12-27)17-5-7-23-21(15-17)24-8-6-18-16-26-20-4-2-1-3-19(18)20/h1-5,7,15-16,26H,6,8-14H2,(H,23,24)(H,25,28). The van der Waals surface area contributed by atoms with Gasteiger partial charge in [-0.25, -0.2) is 4.98 Å². The van der Waals surface area contributed by atoms with Gasteiger partial charge in [0.25, 0.3) is 5.91 Å². The molecule has 1 aliphatic heterocycles. The minimum atomic E-state index is -0.0691. The third kappa shape index (κ3) is 5.13. The monoisotopic (exact) mass is 393 g/mol. The molecule has 0 aliphatic carbocycles. The van der Waals surface area contributed by atoms with Gasteiger partial charge in [-0.05, 0) is 30.2 Å². The van der Waals surface area contributed by atoms with Crippen LogP contribution in [-0.2, 0) is 11.2 Å². The molecule has 0 radical (unpaired) electrons. The van der Waals surface area contributed by atoms with Crippen LogP contribution in [0, 0.1) is 0 Å². The molecule has 1 saturated heterocycles. The molecular formula is C22H27N5O2. The molecule has 4 rings (SSSR count). The normalized spacial score (nSPS) is 14.8.